The highest BCUT2D eigenvalue weighted by Crippen LogP contribution is 2.24. The van der Waals surface area contributed by atoms with Crippen molar-refractivity contribution in [2.75, 3.05) is 19.6 Å². The van der Waals surface area contributed by atoms with Crippen LogP contribution in [-0.4, -0.2) is 40.3 Å². The summed E-state index contributed by atoms with van der Waals surface area (Å²) in [4.78, 5) is 2.06. The van der Waals surface area contributed by atoms with Crippen molar-refractivity contribution >= 4 is 10.9 Å². The number of aliphatic hydroxyl groups excluding tert-OH is 1. The summed E-state index contributed by atoms with van der Waals surface area (Å²) < 4.78 is 41.8. The SMILES string of the molecule is OC1CCN(CCn2ccc3cc(F)c(F)c(F)c32)C1. The van der Waals surface area contributed by atoms with Crippen LogP contribution in [0.1, 0.15) is 6.42 Å². The van der Waals surface area contributed by atoms with Crippen LogP contribution in [0.3, 0.4) is 0 Å². The second kappa shape index (κ2) is 5.10. The van der Waals surface area contributed by atoms with E-state index < -0.39 is 17.5 Å². The molecule has 1 atom stereocenters. The maximum absolute atomic E-state index is 13.8. The highest BCUT2D eigenvalue weighted by molar-refractivity contribution is 5.81. The minimum absolute atomic E-state index is 0.0867. The van der Waals surface area contributed by atoms with E-state index in [1.807, 2.05) is 0 Å². The monoisotopic (exact) mass is 284 g/mol. The van der Waals surface area contributed by atoms with Gasteiger partial charge < -0.3 is 9.67 Å². The Morgan fingerprint density at radius 3 is 2.70 bits per heavy atom. The third kappa shape index (κ3) is 2.29. The predicted octanol–water partition coefficient (Wildman–Crippen LogP) is 2.13. The molecule has 0 spiro atoms. The normalized spacial score (nSPS) is 20.1. The van der Waals surface area contributed by atoms with Gasteiger partial charge in [0.25, 0.3) is 0 Å². The largest absolute Gasteiger partial charge is 0.392 e. The molecule has 1 fully saturated rings. The summed E-state index contributed by atoms with van der Waals surface area (Å²) in [6, 6.07) is 2.57. The summed E-state index contributed by atoms with van der Waals surface area (Å²) in [5, 5.41) is 9.79. The van der Waals surface area contributed by atoms with Gasteiger partial charge in [-0.1, -0.05) is 0 Å². The first-order valence-electron chi connectivity index (χ1n) is 6.59. The zero-order chi connectivity index (χ0) is 14.3. The number of benzene rings is 1. The summed E-state index contributed by atoms with van der Waals surface area (Å²) in [5.41, 5.74) is 0.0867. The van der Waals surface area contributed by atoms with E-state index in [9.17, 15) is 18.3 Å². The molecule has 0 saturated carbocycles. The highest BCUT2D eigenvalue weighted by Gasteiger charge is 2.21. The van der Waals surface area contributed by atoms with Gasteiger partial charge in [0.05, 0.1) is 11.6 Å². The molecular formula is C14H15F3N2O. The van der Waals surface area contributed by atoms with Crippen LogP contribution in [0.4, 0.5) is 13.2 Å². The van der Waals surface area contributed by atoms with Gasteiger partial charge in [0, 0.05) is 37.8 Å². The Balaban J connectivity index is 1.83. The van der Waals surface area contributed by atoms with Gasteiger partial charge in [-0.05, 0) is 18.6 Å². The zero-order valence-corrected chi connectivity index (χ0v) is 10.8. The van der Waals surface area contributed by atoms with Gasteiger partial charge >= 0.3 is 0 Å². The first kappa shape index (κ1) is 13.5. The summed E-state index contributed by atoms with van der Waals surface area (Å²) in [6.45, 7) is 2.51. The van der Waals surface area contributed by atoms with Crippen LogP contribution in [0.2, 0.25) is 0 Å². The smallest absolute Gasteiger partial charge is 0.196 e. The number of fused-ring (bicyclic) bond motifs is 1. The van der Waals surface area contributed by atoms with Crippen LogP contribution in [0, 0.1) is 17.5 Å². The van der Waals surface area contributed by atoms with Crippen LogP contribution in [0.15, 0.2) is 18.3 Å². The van der Waals surface area contributed by atoms with E-state index >= 15 is 0 Å². The maximum Gasteiger partial charge on any atom is 0.196 e. The molecule has 2 aromatic rings. The van der Waals surface area contributed by atoms with Crippen LogP contribution in [-0.2, 0) is 6.54 Å². The Labute approximate surface area is 114 Å². The molecule has 6 heteroatoms. The van der Waals surface area contributed by atoms with Crippen LogP contribution < -0.4 is 0 Å². The number of aromatic nitrogens is 1. The number of hydrogen-bond acceptors (Lipinski definition) is 2. The average molecular weight is 284 g/mol. The standard InChI is InChI=1S/C14H15F3N2O/c15-11-7-9-1-4-19(14(9)13(17)12(11)16)6-5-18-3-2-10(20)8-18/h1,4,7,10,20H,2-3,5-6,8H2. The van der Waals surface area contributed by atoms with E-state index in [0.717, 1.165) is 19.0 Å². The molecule has 1 aliphatic rings. The number of β-amino-alcohol motifs (C(OH)–C–C–N with tert-alkyl or cyclic N) is 1. The van der Waals surface area contributed by atoms with Crippen molar-refractivity contribution < 1.29 is 18.3 Å². The Morgan fingerprint density at radius 1 is 1.20 bits per heavy atom. The van der Waals surface area contributed by atoms with Crippen LogP contribution >= 0.6 is 0 Å². The van der Waals surface area contributed by atoms with Gasteiger partial charge in [0.2, 0.25) is 0 Å². The second-order valence-corrected chi connectivity index (χ2v) is 5.18. The van der Waals surface area contributed by atoms with Gasteiger partial charge in [0.15, 0.2) is 17.5 Å². The van der Waals surface area contributed by atoms with E-state index in [1.54, 1.807) is 16.8 Å². The van der Waals surface area contributed by atoms with Crippen molar-refractivity contribution in [3.8, 4) is 0 Å². The molecule has 2 heterocycles. The van der Waals surface area contributed by atoms with Crippen molar-refractivity contribution in [3.63, 3.8) is 0 Å². The van der Waals surface area contributed by atoms with Crippen molar-refractivity contribution in [1.82, 2.24) is 9.47 Å². The van der Waals surface area contributed by atoms with Crippen LogP contribution in [0.25, 0.3) is 10.9 Å². The Bertz CT molecular complexity index is 641. The number of aliphatic hydroxyl groups is 1. The van der Waals surface area contributed by atoms with Crippen molar-refractivity contribution in [2.45, 2.75) is 19.1 Å². The van der Waals surface area contributed by atoms with Gasteiger partial charge in [-0.2, -0.15) is 0 Å². The first-order valence-corrected chi connectivity index (χ1v) is 6.59. The number of hydrogen-bond donors (Lipinski definition) is 1. The number of halogens is 3. The Morgan fingerprint density at radius 2 is 2.00 bits per heavy atom. The van der Waals surface area contributed by atoms with E-state index in [4.69, 9.17) is 0 Å². The molecule has 20 heavy (non-hydrogen) atoms. The fraction of sp³-hybridized carbons (Fsp3) is 0.429. The minimum atomic E-state index is -1.44. The molecule has 0 bridgehead atoms. The molecule has 108 valence electrons. The molecule has 3 rings (SSSR count). The quantitative estimate of drug-likeness (QED) is 0.875. The molecule has 1 aromatic heterocycles. The molecule has 3 nitrogen and oxygen atoms in total. The molecular weight excluding hydrogens is 269 g/mol. The second-order valence-electron chi connectivity index (χ2n) is 5.18. The highest BCUT2D eigenvalue weighted by atomic mass is 19.2. The van der Waals surface area contributed by atoms with E-state index in [-0.39, 0.29) is 11.6 Å². The lowest BCUT2D eigenvalue weighted by atomic mass is 10.2. The molecule has 0 radical (unpaired) electrons. The van der Waals surface area contributed by atoms with Crippen molar-refractivity contribution in [1.29, 1.82) is 0 Å². The number of rotatable bonds is 3. The number of likely N-dealkylation sites (tertiary alicyclic amines) is 1. The lowest BCUT2D eigenvalue weighted by Gasteiger charge is -2.16. The molecule has 1 aromatic carbocycles. The van der Waals surface area contributed by atoms with Crippen LogP contribution in [0.5, 0.6) is 0 Å². The Kier molecular flexibility index (Phi) is 3.43. The van der Waals surface area contributed by atoms with Crippen molar-refractivity contribution in [3.05, 3.63) is 35.8 Å². The van der Waals surface area contributed by atoms with Crippen molar-refractivity contribution in [2.24, 2.45) is 0 Å². The fourth-order valence-electron chi connectivity index (χ4n) is 2.72. The first-order chi connectivity index (χ1) is 9.56. The third-order valence-corrected chi connectivity index (χ3v) is 3.79. The summed E-state index contributed by atoms with van der Waals surface area (Å²) in [6.07, 6.45) is 2.06. The zero-order valence-electron chi connectivity index (χ0n) is 10.8. The van der Waals surface area contributed by atoms with Gasteiger partial charge in [-0.3, -0.25) is 4.90 Å². The van der Waals surface area contributed by atoms with E-state index in [0.29, 0.717) is 25.0 Å². The fourth-order valence-corrected chi connectivity index (χ4v) is 2.72. The molecule has 1 unspecified atom stereocenters. The average Bonchev–Trinajstić information content (AvgIpc) is 3.00. The van der Waals surface area contributed by atoms with Gasteiger partial charge in [-0.15, -0.1) is 0 Å². The van der Waals surface area contributed by atoms with E-state index in [1.165, 1.54) is 0 Å². The Hall–Kier alpha value is -1.53. The summed E-state index contributed by atoms with van der Waals surface area (Å²) in [7, 11) is 0. The summed E-state index contributed by atoms with van der Waals surface area (Å²) in [5.74, 6) is -3.75. The number of nitrogens with zero attached hydrogens (tertiary/aromatic N) is 2. The predicted molar refractivity (Wildman–Crippen MR) is 68.9 cm³/mol. The maximum atomic E-state index is 13.8. The van der Waals surface area contributed by atoms with Gasteiger partial charge in [-0.25, -0.2) is 13.2 Å². The van der Waals surface area contributed by atoms with E-state index in [2.05, 4.69) is 4.90 Å². The molecule has 1 saturated heterocycles. The molecule has 0 amide bonds. The molecule has 0 aliphatic carbocycles. The molecule has 1 N–H and O–H groups in total. The van der Waals surface area contributed by atoms with Gasteiger partial charge in [0.1, 0.15) is 0 Å². The lowest BCUT2D eigenvalue weighted by molar-refractivity contribution is 0.175. The minimum Gasteiger partial charge on any atom is -0.392 e. The third-order valence-electron chi connectivity index (χ3n) is 3.79. The topological polar surface area (TPSA) is 28.4 Å². The lowest BCUT2D eigenvalue weighted by Crippen LogP contribution is -2.26. The molecule has 1 aliphatic heterocycles. The summed E-state index contributed by atoms with van der Waals surface area (Å²) >= 11 is 0.